The summed E-state index contributed by atoms with van der Waals surface area (Å²) in [5, 5.41) is 0. The van der Waals surface area contributed by atoms with Gasteiger partial charge >= 0.3 is 6.09 Å². The minimum atomic E-state index is -3.71. The van der Waals surface area contributed by atoms with Crippen LogP contribution >= 0.6 is 0 Å². The molecule has 0 spiro atoms. The highest BCUT2D eigenvalue weighted by molar-refractivity contribution is 7.85. The molecule has 1 rings (SSSR count). The molecule has 0 fully saturated rings. The standard InChI is InChI=1S/C10H13NO5S/c1-17(13,14)16-11-10(12)15-8-7-9-5-3-2-4-6-9/h2-6H,7-8H2,1H3,(H,11,12). The molecule has 1 amide bonds. The number of carbonyl (C=O) groups is 1. The van der Waals surface area contributed by atoms with Crippen LogP contribution in [-0.2, 0) is 25.6 Å². The molecule has 17 heavy (non-hydrogen) atoms. The molecule has 0 unspecified atom stereocenters. The fraction of sp³-hybridized carbons (Fsp3) is 0.300. The maximum Gasteiger partial charge on any atom is 0.432 e. The average molecular weight is 259 g/mol. The first kappa shape index (κ1) is 13.5. The van der Waals surface area contributed by atoms with E-state index in [4.69, 9.17) is 4.74 Å². The summed E-state index contributed by atoms with van der Waals surface area (Å²) in [5.41, 5.74) is 2.68. The highest BCUT2D eigenvalue weighted by Crippen LogP contribution is 1.99. The highest BCUT2D eigenvalue weighted by Gasteiger charge is 2.07. The van der Waals surface area contributed by atoms with Gasteiger partial charge in [-0.2, -0.15) is 13.9 Å². The van der Waals surface area contributed by atoms with Gasteiger partial charge in [0.25, 0.3) is 10.1 Å². The first-order valence-electron chi connectivity index (χ1n) is 4.82. The lowest BCUT2D eigenvalue weighted by atomic mass is 10.2. The van der Waals surface area contributed by atoms with E-state index in [2.05, 4.69) is 4.28 Å². The molecule has 1 aromatic rings. The van der Waals surface area contributed by atoms with E-state index in [-0.39, 0.29) is 6.61 Å². The number of ether oxygens (including phenoxy) is 1. The predicted molar refractivity (Wildman–Crippen MR) is 60.6 cm³/mol. The molecule has 1 N–H and O–H groups in total. The van der Waals surface area contributed by atoms with Crippen molar-refractivity contribution in [1.29, 1.82) is 0 Å². The van der Waals surface area contributed by atoms with E-state index in [1.54, 1.807) is 5.48 Å². The second-order valence-electron chi connectivity index (χ2n) is 3.26. The summed E-state index contributed by atoms with van der Waals surface area (Å²) in [7, 11) is -3.71. The molecule has 6 nitrogen and oxygen atoms in total. The summed E-state index contributed by atoms with van der Waals surface area (Å²) in [6.45, 7) is 0.142. The molecule has 0 radical (unpaired) electrons. The van der Waals surface area contributed by atoms with Crippen LogP contribution in [0.5, 0.6) is 0 Å². The van der Waals surface area contributed by atoms with E-state index in [9.17, 15) is 13.2 Å². The molecule has 1 aromatic carbocycles. The SMILES string of the molecule is CS(=O)(=O)ONC(=O)OCCc1ccccc1. The molecule has 0 bridgehead atoms. The fourth-order valence-electron chi connectivity index (χ4n) is 1.05. The van der Waals surface area contributed by atoms with Crippen molar-refractivity contribution in [3.63, 3.8) is 0 Å². The average Bonchev–Trinajstić information content (AvgIpc) is 2.27. The van der Waals surface area contributed by atoms with Crippen LogP contribution in [-0.4, -0.2) is 27.4 Å². The van der Waals surface area contributed by atoms with Crippen LogP contribution in [0.4, 0.5) is 4.79 Å². The van der Waals surface area contributed by atoms with Crippen LogP contribution in [0, 0.1) is 0 Å². The number of hydroxylamine groups is 1. The molecular weight excluding hydrogens is 246 g/mol. The summed E-state index contributed by atoms with van der Waals surface area (Å²) in [6.07, 6.45) is 0.427. The largest absolute Gasteiger partial charge is 0.448 e. The summed E-state index contributed by atoms with van der Waals surface area (Å²) in [4.78, 5) is 11.0. The Labute approximate surface area is 99.6 Å². The Bertz CT molecular complexity index is 457. The third kappa shape index (κ3) is 6.54. The smallest absolute Gasteiger partial charge is 0.432 e. The van der Waals surface area contributed by atoms with Gasteiger partial charge in [-0.05, 0) is 5.56 Å². The van der Waals surface area contributed by atoms with Gasteiger partial charge in [-0.3, -0.25) is 0 Å². The van der Waals surface area contributed by atoms with Gasteiger partial charge in [0.2, 0.25) is 0 Å². The number of amides is 1. The molecule has 0 aliphatic carbocycles. The molecule has 0 aliphatic rings. The van der Waals surface area contributed by atoms with Gasteiger partial charge in [-0.25, -0.2) is 4.79 Å². The van der Waals surface area contributed by atoms with Crippen LogP contribution in [0.2, 0.25) is 0 Å². The molecule has 94 valence electrons. The molecule has 0 atom stereocenters. The topological polar surface area (TPSA) is 81.7 Å². The van der Waals surface area contributed by atoms with Gasteiger partial charge in [0.05, 0.1) is 12.9 Å². The van der Waals surface area contributed by atoms with E-state index in [0.717, 1.165) is 11.8 Å². The maximum absolute atomic E-state index is 11.0. The lowest BCUT2D eigenvalue weighted by Crippen LogP contribution is -2.27. The summed E-state index contributed by atoms with van der Waals surface area (Å²) in [6, 6.07) is 9.43. The zero-order valence-electron chi connectivity index (χ0n) is 9.25. The number of nitrogens with one attached hydrogen (secondary N) is 1. The predicted octanol–water partition coefficient (Wildman–Crippen LogP) is 0.846. The molecule has 0 aliphatic heterocycles. The molecule has 0 heterocycles. The van der Waals surface area contributed by atoms with Crippen LogP contribution in [0.15, 0.2) is 30.3 Å². The van der Waals surface area contributed by atoms with Crippen molar-refractivity contribution in [2.45, 2.75) is 6.42 Å². The third-order valence-electron chi connectivity index (χ3n) is 1.74. The minimum Gasteiger partial charge on any atom is -0.448 e. The number of hydrogen-bond acceptors (Lipinski definition) is 5. The zero-order chi connectivity index (χ0) is 12.7. The summed E-state index contributed by atoms with van der Waals surface area (Å²) < 4.78 is 29.8. The van der Waals surface area contributed by atoms with E-state index in [1.807, 2.05) is 30.3 Å². The zero-order valence-corrected chi connectivity index (χ0v) is 10.1. The number of benzene rings is 1. The number of carbonyl (C=O) groups excluding carboxylic acids is 1. The lowest BCUT2D eigenvalue weighted by Gasteiger charge is -2.05. The van der Waals surface area contributed by atoms with Gasteiger partial charge < -0.3 is 4.74 Å². The number of rotatable bonds is 5. The fourth-order valence-corrected chi connectivity index (χ4v) is 1.26. The van der Waals surface area contributed by atoms with Crippen LogP contribution < -0.4 is 5.48 Å². The normalized spacial score (nSPS) is 10.9. The van der Waals surface area contributed by atoms with Gasteiger partial charge in [0.15, 0.2) is 0 Å². The Morgan fingerprint density at radius 2 is 1.94 bits per heavy atom. The van der Waals surface area contributed by atoms with E-state index >= 15 is 0 Å². The molecule has 0 aromatic heterocycles. The highest BCUT2D eigenvalue weighted by atomic mass is 32.2. The molecule has 0 saturated carbocycles. The van der Waals surface area contributed by atoms with Crippen molar-refractivity contribution in [1.82, 2.24) is 5.48 Å². The van der Waals surface area contributed by atoms with Crippen LogP contribution in [0.1, 0.15) is 5.56 Å². The summed E-state index contributed by atoms with van der Waals surface area (Å²) in [5.74, 6) is 0. The van der Waals surface area contributed by atoms with Crippen molar-refractivity contribution in [3.8, 4) is 0 Å². The van der Waals surface area contributed by atoms with Crippen molar-refractivity contribution in [3.05, 3.63) is 35.9 Å². The maximum atomic E-state index is 11.0. The Balaban J connectivity index is 2.21. The van der Waals surface area contributed by atoms with Crippen molar-refractivity contribution in [2.24, 2.45) is 0 Å². The minimum absolute atomic E-state index is 0.142. The second-order valence-corrected chi connectivity index (χ2v) is 4.84. The Kier molecular flexibility index (Phi) is 4.92. The van der Waals surface area contributed by atoms with E-state index in [0.29, 0.717) is 6.42 Å². The van der Waals surface area contributed by atoms with Gasteiger partial charge in [-0.15, -0.1) is 4.28 Å². The van der Waals surface area contributed by atoms with Crippen molar-refractivity contribution >= 4 is 16.2 Å². The molecule has 7 heteroatoms. The Morgan fingerprint density at radius 3 is 2.53 bits per heavy atom. The second kappa shape index (κ2) is 6.21. The first-order valence-corrected chi connectivity index (χ1v) is 6.64. The van der Waals surface area contributed by atoms with Gasteiger partial charge in [0.1, 0.15) is 0 Å². The molecular formula is C10H13NO5S. The lowest BCUT2D eigenvalue weighted by molar-refractivity contribution is 0.104. The Morgan fingerprint density at radius 1 is 1.29 bits per heavy atom. The van der Waals surface area contributed by atoms with Crippen LogP contribution in [0.25, 0.3) is 0 Å². The Hall–Kier alpha value is -1.60. The monoisotopic (exact) mass is 259 g/mol. The first-order chi connectivity index (χ1) is 7.97. The van der Waals surface area contributed by atoms with Crippen LogP contribution in [0.3, 0.4) is 0 Å². The summed E-state index contributed by atoms with van der Waals surface area (Å²) >= 11 is 0. The van der Waals surface area contributed by atoms with Crippen molar-refractivity contribution in [2.75, 3.05) is 12.9 Å². The number of hydrogen-bond donors (Lipinski definition) is 1. The molecule has 0 saturated heterocycles. The van der Waals surface area contributed by atoms with Gasteiger partial charge in [-0.1, -0.05) is 30.3 Å². The van der Waals surface area contributed by atoms with Crippen molar-refractivity contribution < 1.29 is 22.2 Å². The quantitative estimate of drug-likeness (QED) is 0.793. The van der Waals surface area contributed by atoms with E-state index < -0.39 is 16.2 Å². The van der Waals surface area contributed by atoms with E-state index in [1.165, 1.54) is 0 Å². The third-order valence-corrected chi connectivity index (χ3v) is 2.13. The van der Waals surface area contributed by atoms with Gasteiger partial charge in [0, 0.05) is 6.42 Å².